The predicted molar refractivity (Wildman–Crippen MR) is 68.2 cm³/mol. The number of rotatable bonds is 5. The van der Waals surface area contributed by atoms with Crippen LogP contribution in [0, 0.1) is 0 Å². The molecule has 1 aromatic carbocycles. The molecule has 0 fully saturated rings. The Kier molecular flexibility index (Phi) is 4.59. The van der Waals surface area contributed by atoms with Crippen LogP contribution in [-0.2, 0) is 12.7 Å². The minimum absolute atomic E-state index is 0.00881. The van der Waals surface area contributed by atoms with Gasteiger partial charge in [-0.15, -0.1) is 0 Å². The molecule has 21 heavy (non-hydrogen) atoms. The number of hydrogen-bond donors (Lipinski definition) is 1. The average molecular weight is 301 g/mol. The summed E-state index contributed by atoms with van der Waals surface area (Å²) in [7, 11) is 1.75. The van der Waals surface area contributed by atoms with E-state index >= 15 is 0 Å². The Labute approximate surface area is 119 Å². The monoisotopic (exact) mass is 301 g/mol. The number of hydrogen-bond acceptors (Lipinski definition) is 5. The van der Waals surface area contributed by atoms with Crippen molar-refractivity contribution in [1.82, 2.24) is 15.0 Å². The zero-order chi connectivity index (χ0) is 15.5. The first-order valence-corrected chi connectivity index (χ1v) is 6.20. The summed E-state index contributed by atoms with van der Waals surface area (Å²) in [6, 6.07) is 4.75. The topological polar surface area (TPSA) is 62.4 Å². The lowest BCUT2D eigenvalue weighted by Gasteiger charge is -2.10. The highest BCUT2D eigenvalue weighted by Gasteiger charge is 2.30. The van der Waals surface area contributed by atoms with Gasteiger partial charge in [-0.1, -0.05) is 17.3 Å². The Morgan fingerprint density at radius 3 is 2.76 bits per heavy atom. The van der Waals surface area contributed by atoms with Gasteiger partial charge in [0.05, 0.1) is 18.7 Å². The predicted octanol–water partition coefficient (Wildman–Crippen LogP) is 2.18. The zero-order valence-corrected chi connectivity index (χ0v) is 11.3. The molecule has 0 spiro atoms. The van der Waals surface area contributed by atoms with Gasteiger partial charge in [0.15, 0.2) is 0 Å². The maximum absolute atomic E-state index is 12.7. The molecule has 0 bridgehead atoms. The average Bonchev–Trinajstić information content (AvgIpc) is 2.86. The first kappa shape index (κ1) is 15.5. The molecule has 114 valence electrons. The second-order valence-corrected chi connectivity index (χ2v) is 4.55. The highest BCUT2D eigenvalue weighted by Crippen LogP contribution is 2.31. The van der Waals surface area contributed by atoms with E-state index in [1.807, 2.05) is 0 Å². The van der Waals surface area contributed by atoms with Gasteiger partial charge in [-0.05, 0) is 19.2 Å². The molecule has 1 aromatic heterocycles. The van der Waals surface area contributed by atoms with E-state index in [0.717, 1.165) is 12.1 Å². The van der Waals surface area contributed by atoms with Gasteiger partial charge in [0.25, 0.3) is 0 Å². The number of likely N-dealkylation sites (N-methyl/N-ethyl adjacent to an activating group) is 1. The summed E-state index contributed by atoms with van der Waals surface area (Å²) in [6.07, 6.45) is -4.41. The van der Waals surface area contributed by atoms with Gasteiger partial charge < -0.3 is 9.63 Å². The van der Waals surface area contributed by atoms with Crippen molar-refractivity contribution < 1.29 is 22.8 Å². The van der Waals surface area contributed by atoms with Crippen LogP contribution in [-0.4, -0.2) is 40.3 Å². The molecule has 0 aliphatic rings. The highest BCUT2D eigenvalue weighted by molar-refractivity contribution is 5.55. The summed E-state index contributed by atoms with van der Waals surface area (Å²) in [4.78, 5) is 5.81. The number of benzene rings is 1. The molecule has 5 nitrogen and oxygen atoms in total. The normalized spacial score (nSPS) is 12.1. The van der Waals surface area contributed by atoms with Crippen LogP contribution in [0.5, 0.6) is 0 Å². The van der Waals surface area contributed by atoms with Crippen LogP contribution in [0.1, 0.15) is 11.5 Å². The van der Waals surface area contributed by atoms with E-state index in [1.165, 1.54) is 12.1 Å². The number of halogens is 3. The van der Waals surface area contributed by atoms with E-state index in [0.29, 0.717) is 13.1 Å². The molecular weight excluding hydrogens is 287 g/mol. The van der Waals surface area contributed by atoms with Gasteiger partial charge in [-0.3, -0.25) is 4.90 Å². The van der Waals surface area contributed by atoms with Gasteiger partial charge in [-0.25, -0.2) is 0 Å². The van der Waals surface area contributed by atoms with E-state index < -0.39 is 11.7 Å². The molecule has 0 atom stereocenters. The third-order valence-electron chi connectivity index (χ3n) is 2.80. The molecule has 1 N–H and O–H groups in total. The number of nitrogens with zero attached hydrogens (tertiary/aromatic N) is 3. The first-order chi connectivity index (χ1) is 9.90. The third-order valence-corrected chi connectivity index (χ3v) is 2.80. The maximum atomic E-state index is 12.7. The zero-order valence-electron chi connectivity index (χ0n) is 11.3. The standard InChI is InChI=1S/C13H14F3N3O2/c1-19(5-6-20)8-11-17-12(18-21-11)9-3-2-4-10(7-9)13(14,15)16/h2-4,7,20H,5-6,8H2,1H3. The molecule has 0 aliphatic heterocycles. The van der Waals surface area contributed by atoms with Crippen molar-refractivity contribution in [3.8, 4) is 11.4 Å². The Bertz CT molecular complexity index is 598. The van der Waals surface area contributed by atoms with Gasteiger partial charge in [0, 0.05) is 12.1 Å². The number of aliphatic hydroxyl groups excluding tert-OH is 1. The van der Waals surface area contributed by atoms with Gasteiger partial charge in [0.2, 0.25) is 11.7 Å². The fourth-order valence-electron chi connectivity index (χ4n) is 1.75. The lowest BCUT2D eigenvalue weighted by Crippen LogP contribution is -2.21. The van der Waals surface area contributed by atoms with Crippen LogP contribution < -0.4 is 0 Å². The summed E-state index contributed by atoms with van der Waals surface area (Å²) in [5.74, 6) is 0.381. The third kappa shape index (κ3) is 4.02. The largest absolute Gasteiger partial charge is 0.416 e. The van der Waals surface area contributed by atoms with Crippen molar-refractivity contribution in [2.75, 3.05) is 20.2 Å². The van der Waals surface area contributed by atoms with E-state index in [9.17, 15) is 13.2 Å². The van der Waals surface area contributed by atoms with Crippen LogP contribution >= 0.6 is 0 Å². The molecule has 0 radical (unpaired) electrons. The van der Waals surface area contributed by atoms with Gasteiger partial charge >= 0.3 is 6.18 Å². The number of aromatic nitrogens is 2. The molecule has 1 heterocycles. The Morgan fingerprint density at radius 1 is 1.33 bits per heavy atom. The molecule has 2 rings (SSSR count). The highest BCUT2D eigenvalue weighted by atomic mass is 19.4. The molecular formula is C13H14F3N3O2. The smallest absolute Gasteiger partial charge is 0.395 e. The van der Waals surface area contributed by atoms with Crippen molar-refractivity contribution >= 4 is 0 Å². The van der Waals surface area contributed by atoms with E-state index in [4.69, 9.17) is 9.63 Å². The van der Waals surface area contributed by atoms with Crippen LogP contribution in [0.2, 0.25) is 0 Å². The molecule has 0 unspecified atom stereocenters. The molecule has 0 saturated heterocycles. The maximum Gasteiger partial charge on any atom is 0.416 e. The number of aliphatic hydroxyl groups is 1. The minimum Gasteiger partial charge on any atom is -0.395 e. The van der Waals surface area contributed by atoms with Crippen molar-refractivity contribution in [2.24, 2.45) is 0 Å². The minimum atomic E-state index is -4.41. The molecule has 0 saturated carbocycles. The van der Waals surface area contributed by atoms with Crippen LogP contribution in [0.25, 0.3) is 11.4 Å². The van der Waals surface area contributed by atoms with Crippen LogP contribution in [0.3, 0.4) is 0 Å². The van der Waals surface area contributed by atoms with Gasteiger partial charge in [0.1, 0.15) is 0 Å². The number of alkyl halides is 3. The lowest BCUT2D eigenvalue weighted by atomic mass is 10.1. The van der Waals surface area contributed by atoms with E-state index in [-0.39, 0.29) is 23.9 Å². The molecule has 0 aliphatic carbocycles. The quantitative estimate of drug-likeness (QED) is 0.917. The van der Waals surface area contributed by atoms with E-state index in [2.05, 4.69) is 10.1 Å². The fourth-order valence-corrected chi connectivity index (χ4v) is 1.75. The summed E-state index contributed by atoms with van der Waals surface area (Å²) in [5, 5.41) is 12.5. The summed E-state index contributed by atoms with van der Waals surface area (Å²) in [6.45, 7) is 0.735. The van der Waals surface area contributed by atoms with Crippen LogP contribution in [0.4, 0.5) is 13.2 Å². The second kappa shape index (κ2) is 6.23. The molecule has 0 amide bonds. The Morgan fingerprint density at radius 2 is 2.10 bits per heavy atom. The van der Waals surface area contributed by atoms with Crippen LogP contribution in [0.15, 0.2) is 28.8 Å². The fraction of sp³-hybridized carbons (Fsp3) is 0.385. The van der Waals surface area contributed by atoms with Crippen molar-refractivity contribution in [2.45, 2.75) is 12.7 Å². The summed E-state index contributed by atoms with van der Waals surface area (Å²) in [5.41, 5.74) is -0.520. The Balaban J connectivity index is 2.18. The molecule has 2 aromatic rings. The summed E-state index contributed by atoms with van der Waals surface area (Å²) < 4.78 is 42.9. The lowest BCUT2D eigenvalue weighted by molar-refractivity contribution is -0.137. The Hall–Kier alpha value is -1.93. The van der Waals surface area contributed by atoms with Crippen molar-refractivity contribution in [3.63, 3.8) is 0 Å². The second-order valence-electron chi connectivity index (χ2n) is 4.55. The van der Waals surface area contributed by atoms with Crippen molar-refractivity contribution in [1.29, 1.82) is 0 Å². The van der Waals surface area contributed by atoms with Crippen molar-refractivity contribution in [3.05, 3.63) is 35.7 Å². The van der Waals surface area contributed by atoms with E-state index in [1.54, 1.807) is 11.9 Å². The summed E-state index contributed by atoms with van der Waals surface area (Å²) >= 11 is 0. The molecule has 8 heteroatoms. The van der Waals surface area contributed by atoms with Gasteiger partial charge in [-0.2, -0.15) is 18.2 Å². The SMILES string of the molecule is CN(CCO)Cc1nc(-c2cccc(C(F)(F)F)c2)no1. The first-order valence-electron chi connectivity index (χ1n) is 6.20.